The molecule has 1 atom stereocenters. The van der Waals surface area contributed by atoms with Crippen LogP contribution in [0.5, 0.6) is 0 Å². The highest BCUT2D eigenvalue weighted by molar-refractivity contribution is 5.71. The van der Waals surface area contributed by atoms with E-state index >= 15 is 0 Å². The van der Waals surface area contributed by atoms with Gasteiger partial charge in [-0.3, -0.25) is 14.4 Å². The minimum absolute atomic E-state index is 0.0734. The molecule has 0 heterocycles. The summed E-state index contributed by atoms with van der Waals surface area (Å²) in [5, 5.41) is 0. The third kappa shape index (κ3) is 54.8. The Balaban J connectivity index is 3.88. The molecule has 1 unspecified atom stereocenters. The lowest BCUT2D eigenvalue weighted by atomic mass is 10.0. The first kappa shape index (κ1) is 65.9. The van der Waals surface area contributed by atoms with Crippen molar-refractivity contribution < 1.29 is 28.6 Å². The summed E-state index contributed by atoms with van der Waals surface area (Å²) in [6, 6.07) is 0. The number of hydrogen-bond donors (Lipinski definition) is 0. The minimum Gasteiger partial charge on any atom is -0.462 e. The standard InChI is InChI=1S/C62H116O6/c1-4-7-10-13-15-17-19-21-23-24-25-26-27-28-29-30-31-32-33-34-35-36-37-38-39-41-42-44-46-49-52-55-61(64)67-58-59(57-66-60(63)54-51-48-12-9-6-3)68-62(65)56-53-50-47-45-43-40-22-20-18-16-14-11-8-5-2/h14,16,20,22,59H,4-13,15,17-19,21,23-58H2,1-3H3/b16-14-,22-20-. The Bertz CT molecular complexity index is 1100. The topological polar surface area (TPSA) is 78.9 Å². The second-order valence-electron chi connectivity index (χ2n) is 20.6. The lowest BCUT2D eigenvalue weighted by Gasteiger charge is -2.18. The van der Waals surface area contributed by atoms with Crippen molar-refractivity contribution in [2.45, 2.75) is 341 Å². The highest BCUT2D eigenvalue weighted by atomic mass is 16.6. The first-order valence-corrected chi connectivity index (χ1v) is 30.3. The van der Waals surface area contributed by atoms with Gasteiger partial charge in [0.1, 0.15) is 13.2 Å². The van der Waals surface area contributed by atoms with Gasteiger partial charge in [-0.05, 0) is 44.9 Å². The molecule has 0 rings (SSSR count). The van der Waals surface area contributed by atoms with Gasteiger partial charge in [-0.15, -0.1) is 0 Å². The Labute approximate surface area is 423 Å². The average Bonchev–Trinajstić information content (AvgIpc) is 3.34. The molecule has 0 spiro atoms. The molecule has 0 aliphatic heterocycles. The summed E-state index contributed by atoms with van der Waals surface area (Å²) in [5.41, 5.74) is 0. The Morgan fingerprint density at radius 2 is 0.544 bits per heavy atom. The van der Waals surface area contributed by atoms with Crippen molar-refractivity contribution in [2.75, 3.05) is 13.2 Å². The van der Waals surface area contributed by atoms with Gasteiger partial charge in [0.15, 0.2) is 6.10 Å². The van der Waals surface area contributed by atoms with E-state index in [0.29, 0.717) is 19.3 Å². The van der Waals surface area contributed by atoms with E-state index in [1.54, 1.807) is 0 Å². The second-order valence-corrected chi connectivity index (χ2v) is 20.6. The van der Waals surface area contributed by atoms with Gasteiger partial charge >= 0.3 is 17.9 Å². The molecule has 0 fully saturated rings. The molecule has 0 aromatic heterocycles. The Morgan fingerprint density at radius 3 is 0.853 bits per heavy atom. The van der Waals surface area contributed by atoms with Gasteiger partial charge in [0.05, 0.1) is 0 Å². The molecule has 0 amide bonds. The van der Waals surface area contributed by atoms with Gasteiger partial charge in [0.25, 0.3) is 0 Å². The summed E-state index contributed by atoms with van der Waals surface area (Å²) in [6.45, 7) is 6.55. The Morgan fingerprint density at radius 1 is 0.294 bits per heavy atom. The SMILES string of the molecule is CCCC/C=C\C/C=C\CCCCCCCC(=O)OC(COC(=O)CCCCCCC)COC(=O)CCCCCCCCCCCCCCCCCCCCCCCCCCCCCCCCC. The predicted molar refractivity (Wildman–Crippen MR) is 293 cm³/mol. The number of carbonyl (C=O) groups excluding carboxylic acids is 3. The molecule has 6 heteroatoms. The summed E-state index contributed by atoms with van der Waals surface area (Å²) >= 11 is 0. The molecule has 6 nitrogen and oxygen atoms in total. The maximum atomic E-state index is 12.7. The van der Waals surface area contributed by atoms with E-state index in [2.05, 4.69) is 45.1 Å². The summed E-state index contributed by atoms with van der Waals surface area (Å²) in [6.07, 6.45) is 68.2. The Hall–Kier alpha value is -2.11. The van der Waals surface area contributed by atoms with Crippen molar-refractivity contribution in [3.63, 3.8) is 0 Å². The fourth-order valence-electron chi connectivity index (χ4n) is 9.11. The summed E-state index contributed by atoms with van der Waals surface area (Å²) in [4.78, 5) is 37.7. The molecule has 0 aromatic rings. The van der Waals surface area contributed by atoms with E-state index in [0.717, 1.165) is 89.9 Å². The smallest absolute Gasteiger partial charge is 0.306 e. The van der Waals surface area contributed by atoms with Crippen molar-refractivity contribution in [3.05, 3.63) is 24.3 Å². The summed E-state index contributed by atoms with van der Waals surface area (Å²) < 4.78 is 16.7. The monoisotopic (exact) mass is 957 g/mol. The van der Waals surface area contributed by atoms with Gasteiger partial charge < -0.3 is 14.2 Å². The largest absolute Gasteiger partial charge is 0.462 e. The van der Waals surface area contributed by atoms with E-state index in [4.69, 9.17) is 14.2 Å². The normalized spacial score (nSPS) is 12.1. The first-order valence-electron chi connectivity index (χ1n) is 30.3. The van der Waals surface area contributed by atoms with E-state index in [1.807, 2.05) is 0 Å². The zero-order chi connectivity index (χ0) is 49.3. The third-order valence-electron chi connectivity index (χ3n) is 13.7. The number of hydrogen-bond acceptors (Lipinski definition) is 6. The van der Waals surface area contributed by atoms with Crippen molar-refractivity contribution in [3.8, 4) is 0 Å². The maximum absolute atomic E-state index is 12.7. The second kappa shape index (κ2) is 57.5. The molecule has 0 N–H and O–H groups in total. The lowest BCUT2D eigenvalue weighted by molar-refractivity contribution is -0.167. The minimum atomic E-state index is -0.771. The van der Waals surface area contributed by atoms with Crippen molar-refractivity contribution in [1.82, 2.24) is 0 Å². The van der Waals surface area contributed by atoms with Crippen LogP contribution in [0.1, 0.15) is 335 Å². The number of rotatable bonds is 56. The van der Waals surface area contributed by atoms with Crippen LogP contribution in [0.3, 0.4) is 0 Å². The molecule has 0 aliphatic rings. The average molecular weight is 958 g/mol. The van der Waals surface area contributed by atoms with Gasteiger partial charge in [-0.25, -0.2) is 0 Å². The number of unbranched alkanes of at least 4 members (excludes halogenated alkanes) is 41. The van der Waals surface area contributed by atoms with Gasteiger partial charge in [-0.1, -0.05) is 295 Å². The van der Waals surface area contributed by atoms with E-state index < -0.39 is 6.10 Å². The van der Waals surface area contributed by atoms with E-state index in [-0.39, 0.29) is 31.1 Å². The molecule has 0 aromatic carbocycles. The number of carbonyl (C=O) groups is 3. The lowest BCUT2D eigenvalue weighted by Crippen LogP contribution is -2.30. The molecular weight excluding hydrogens is 841 g/mol. The molecule has 0 radical (unpaired) electrons. The van der Waals surface area contributed by atoms with Crippen LogP contribution in [0.15, 0.2) is 24.3 Å². The highest BCUT2D eigenvalue weighted by Gasteiger charge is 2.19. The quantitative estimate of drug-likeness (QED) is 0.0262. The summed E-state index contributed by atoms with van der Waals surface area (Å²) in [5.74, 6) is -0.886. The van der Waals surface area contributed by atoms with Gasteiger partial charge in [-0.2, -0.15) is 0 Å². The maximum Gasteiger partial charge on any atom is 0.306 e. The molecule has 0 bridgehead atoms. The number of ether oxygens (including phenoxy) is 3. The molecule has 0 saturated heterocycles. The van der Waals surface area contributed by atoms with Crippen LogP contribution < -0.4 is 0 Å². The molecule has 400 valence electrons. The fraction of sp³-hybridized carbons (Fsp3) is 0.887. The summed E-state index contributed by atoms with van der Waals surface area (Å²) in [7, 11) is 0. The van der Waals surface area contributed by atoms with E-state index in [9.17, 15) is 14.4 Å². The highest BCUT2D eigenvalue weighted by Crippen LogP contribution is 2.18. The zero-order valence-electron chi connectivity index (χ0n) is 45.9. The van der Waals surface area contributed by atoms with Crippen molar-refractivity contribution in [1.29, 1.82) is 0 Å². The van der Waals surface area contributed by atoms with Crippen LogP contribution >= 0.6 is 0 Å². The zero-order valence-corrected chi connectivity index (χ0v) is 45.9. The van der Waals surface area contributed by atoms with Crippen LogP contribution in [0.2, 0.25) is 0 Å². The molecule has 68 heavy (non-hydrogen) atoms. The van der Waals surface area contributed by atoms with Crippen molar-refractivity contribution >= 4 is 17.9 Å². The van der Waals surface area contributed by atoms with Crippen LogP contribution in [-0.2, 0) is 28.6 Å². The van der Waals surface area contributed by atoms with Crippen LogP contribution in [0.25, 0.3) is 0 Å². The first-order chi connectivity index (χ1) is 33.5. The van der Waals surface area contributed by atoms with E-state index in [1.165, 1.54) is 205 Å². The van der Waals surface area contributed by atoms with Gasteiger partial charge in [0, 0.05) is 19.3 Å². The van der Waals surface area contributed by atoms with Crippen LogP contribution in [0.4, 0.5) is 0 Å². The fourth-order valence-corrected chi connectivity index (χ4v) is 9.11. The predicted octanol–water partition coefficient (Wildman–Crippen LogP) is 20.3. The van der Waals surface area contributed by atoms with Crippen LogP contribution in [0, 0.1) is 0 Å². The molecule has 0 saturated carbocycles. The molecular formula is C62H116O6. The number of allylic oxidation sites excluding steroid dienone is 4. The molecule has 0 aliphatic carbocycles. The van der Waals surface area contributed by atoms with Gasteiger partial charge in [0.2, 0.25) is 0 Å². The van der Waals surface area contributed by atoms with Crippen LogP contribution in [-0.4, -0.2) is 37.2 Å². The number of esters is 3. The Kier molecular flexibility index (Phi) is 55.7. The van der Waals surface area contributed by atoms with Crippen molar-refractivity contribution in [2.24, 2.45) is 0 Å². The third-order valence-corrected chi connectivity index (χ3v) is 13.7.